The number of benzene rings is 1. The Morgan fingerprint density at radius 2 is 2.00 bits per heavy atom. The van der Waals surface area contributed by atoms with Crippen LogP contribution in [0.3, 0.4) is 0 Å². The summed E-state index contributed by atoms with van der Waals surface area (Å²) in [6.07, 6.45) is 2.04. The van der Waals surface area contributed by atoms with Crippen molar-refractivity contribution < 1.29 is 4.74 Å². The third kappa shape index (κ3) is 1.94. The van der Waals surface area contributed by atoms with Crippen LogP contribution in [0.1, 0.15) is 33.6 Å². The van der Waals surface area contributed by atoms with Crippen molar-refractivity contribution in [2.75, 3.05) is 23.7 Å². The largest absolute Gasteiger partial charge is 0.483 e. The predicted molar refractivity (Wildman–Crippen MR) is 72.7 cm³/mol. The first kappa shape index (κ1) is 12.1. The summed E-state index contributed by atoms with van der Waals surface area (Å²) in [7, 11) is 0. The smallest absolute Gasteiger partial charge is 0.145 e. The predicted octanol–water partition coefficient (Wildman–Crippen LogP) is 3.05. The van der Waals surface area contributed by atoms with Crippen LogP contribution < -0.4 is 15.4 Å². The molecule has 0 fully saturated rings. The first-order valence-corrected chi connectivity index (χ1v) is 6.48. The molecule has 94 valence electrons. The van der Waals surface area contributed by atoms with E-state index in [2.05, 4.69) is 25.7 Å². The Bertz CT molecular complexity index is 399. The first-order valence-electron chi connectivity index (χ1n) is 6.48. The fourth-order valence-corrected chi connectivity index (χ4v) is 2.54. The van der Waals surface area contributed by atoms with Crippen LogP contribution in [0.25, 0.3) is 0 Å². The number of hydrogen-bond donors (Lipinski definition) is 1. The molecule has 0 aliphatic carbocycles. The quantitative estimate of drug-likeness (QED) is 0.817. The highest BCUT2D eigenvalue weighted by Gasteiger charge is 2.37. The van der Waals surface area contributed by atoms with E-state index in [1.807, 2.05) is 18.2 Å². The Labute approximate surface area is 104 Å². The van der Waals surface area contributed by atoms with Gasteiger partial charge in [0.15, 0.2) is 0 Å². The molecule has 17 heavy (non-hydrogen) atoms. The molecule has 2 rings (SSSR count). The van der Waals surface area contributed by atoms with Crippen LogP contribution in [0, 0.1) is 0 Å². The lowest BCUT2D eigenvalue weighted by Gasteiger charge is -2.44. The van der Waals surface area contributed by atoms with Gasteiger partial charge in [0.2, 0.25) is 0 Å². The molecule has 2 N–H and O–H groups in total. The molecule has 0 spiro atoms. The second-order valence-electron chi connectivity index (χ2n) is 4.70. The average molecular weight is 234 g/mol. The number of para-hydroxylation sites is 1. The van der Waals surface area contributed by atoms with E-state index >= 15 is 0 Å². The van der Waals surface area contributed by atoms with Gasteiger partial charge in [0, 0.05) is 6.54 Å². The molecule has 0 radical (unpaired) electrons. The third-order valence-electron chi connectivity index (χ3n) is 3.82. The number of nitrogen functional groups attached to an aromatic ring is 1. The molecule has 1 heterocycles. The van der Waals surface area contributed by atoms with Gasteiger partial charge >= 0.3 is 0 Å². The highest BCUT2D eigenvalue weighted by molar-refractivity contribution is 5.76. The lowest BCUT2D eigenvalue weighted by Crippen LogP contribution is -2.50. The van der Waals surface area contributed by atoms with Crippen LogP contribution in [-0.4, -0.2) is 18.7 Å². The van der Waals surface area contributed by atoms with E-state index in [4.69, 9.17) is 10.5 Å². The van der Waals surface area contributed by atoms with Gasteiger partial charge in [-0.2, -0.15) is 0 Å². The minimum absolute atomic E-state index is 0.0587. The van der Waals surface area contributed by atoms with Crippen molar-refractivity contribution in [1.82, 2.24) is 0 Å². The number of likely N-dealkylation sites (N-methyl/N-ethyl adjacent to an activating group) is 1. The Balaban J connectivity index is 2.46. The van der Waals surface area contributed by atoms with Gasteiger partial charge in [-0.25, -0.2) is 0 Å². The molecule has 0 atom stereocenters. The SMILES string of the molecule is CCN1CC(CC)(CC)Oc2cccc(N)c21. The van der Waals surface area contributed by atoms with Crippen molar-refractivity contribution >= 4 is 11.4 Å². The molecule has 3 nitrogen and oxygen atoms in total. The molecule has 0 bridgehead atoms. The molecular weight excluding hydrogens is 212 g/mol. The maximum absolute atomic E-state index is 6.21. The second-order valence-corrected chi connectivity index (χ2v) is 4.70. The Morgan fingerprint density at radius 3 is 2.59 bits per heavy atom. The van der Waals surface area contributed by atoms with E-state index in [0.29, 0.717) is 0 Å². The maximum atomic E-state index is 6.21. The maximum Gasteiger partial charge on any atom is 0.145 e. The Morgan fingerprint density at radius 1 is 1.29 bits per heavy atom. The molecule has 0 saturated heterocycles. The molecule has 1 aliphatic rings. The molecular formula is C14H22N2O. The number of anilines is 2. The van der Waals surface area contributed by atoms with Crippen molar-refractivity contribution in [3.05, 3.63) is 18.2 Å². The number of ether oxygens (including phenoxy) is 1. The van der Waals surface area contributed by atoms with Crippen molar-refractivity contribution in [2.24, 2.45) is 0 Å². The second kappa shape index (κ2) is 4.47. The Hall–Kier alpha value is -1.38. The number of rotatable bonds is 3. The van der Waals surface area contributed by atoms with Gasteiger partial charge in [-0.15, -0.1) is 0 Å². The molecule has 1 aromatic carbocycles. The van der Waals surface area contributed by atoms with E-state index in [1.54, 1.807) is 0 Å². The van der Waals surface area contributed by atoms with Gasteiger partial charge in [0.25, 0.3) is 0 Å². The molecule has 0 saturated carbocycles. The van der Waals surface area contributed by atoms with Gasteiger partial charge < -0.3 is 15.4 Å². The summed E-state index contributed by atoms with van der Waals surface area (Å²) in [5, 5.41) is 0. The summed E-state index contributed by atoms with van der Waals surface area (Å²) in [5.74, 6) is 0.932. The number of nitrogens with zero attached hydrogens (tertiary/aromatic N) is 1. The highest BCUT2D eigenvalue weighted by Crippen LogP contribution is 2.42. The molecule has 3 heteroatoms. The fourth-order valence-electron chi connectivity index (χ4n) is 2.54. The van der Waals surface area contributed by atoms with E-state index in [-0.39, 0.29) is 5.60 Å². The topological polar surface area (TPSA) is 38.5 Å². The van der Waals surface area contributed by atoms with Crippen LogP contribution >= 0.6 is 0 Å². The van der Waals surface area contributed by atoms with Crippen molar-refractivity contribution in [3.63, 3.8) is 0 Å². The molecule has 0 aromatic heterocycles. The van der Waals surface area contributed by atoms with Gasteiger partial charge in [0.1, 0.15) is 17.0 Å². The lowest BCUT2D eigenvalue weighted by atomic mass is 9.93. The van der Waals surface area contributed by atoms with Crippen molar-refractivity contribution in [3.8, 4) is 5.75 Å². The van der Waals surface area contributed by atoms with Gasteiger partial charge in [-0.3, -0.25) is 0 Å². The molecule has 0 amide bonds. The summed E-state index contributed by atoms with van der Waals surface area (Å²) in [6.45, 7) is 8.44. The minimum Gasteiger partial charge on any atom is -0.483 e. The van der Waals surface area contributed by atoms with E-state index in [0.717, 1.165) is 43.1 Å². The summed E-state index contributed by atoms with van der Waals surface area (Å²) in [5.41, 5.74) is 7.87. The summed E-state index contributed by atoms with van der Waals surface area (Å²) in [4.78, 5) is 2.33. The first-order chi connectivity index (χ1) is 8.15. The molecule has 1 aromatic rings. The van der Waals surface area contributed by atoms with Crippen LogP contribution in [0.2, 0.25) is 0 Å². The van der Waals surface area contributed by atoms with Gasteiger partial charge in [-0.1, -0.05) is 19.9 Å². The zero-order valence-corrected chi connectivity index (χ0v) is 11.0. The van der Waals surface area contributed by atoms with Crippen molar-refractivity contribution in [1.29, 1.82) is 0 Å². The molecule has 0 unspecified atom stereocenters. The number of hydrogen-bond acceptors (Lipinski definition) is 3. The van der Waals surface area contributed by atoms with E-state index in [1.165, 1.54) is 0 Å². The number of fused-ring (bicyclic) bond motifs is 1. The third-order valence-corrected chi connectivity index (χ3v) is 3.82. The fraction of sp³-hybridized carbons (Fsp3) is 0.571. The number of nitrogens with two attached hydrogens (primary N) is 1. The zero-order valence-electron chi connectivity index (χ0n) is 11.0. The average Bonchev–Trinajstić information content (AvgIpc) is 2.37. The van der Waals surface area contributed by atoms with Crippen LogP contribution in [0.5, 0.6) is 5.75 Å². The van der Waals surface area contributed by atoms with Gasteiger partial charge in [-0.05, 0) is 31.9 Å². The zero-order chi connectivity index (χ0) is 12.5. The summed E-state index contributed by atoms with van der Waals surface area (Å²) >= 11 is 0. The normalized spacial score (nSPS) is 17.5. The van der Waals surface area contributed by atoms with E-state index in [9.17, 15) is 0 Å². The van der Waals surface area contributed by atoms with Gasteiger partial charge in [0.05, 0.1) is 12.2 Å². The summed E-state index contributed by atoms with van der Waals surface area (Å²) in [6, 6.07) is 5.92. The Kier molecular flexibility index (Phi) is 3.18. The lowest BCUT2D eigenvalue weighted by molar-refractivity contribution is 0.0580. The molecule has 1 aliphatic heterocycles. The van der Waals surface area contributed by atoms with Crippen LogP contribution in [0.4, 0.5) is 11.4 Å². The highest BCUT2D eigenvalue weighted by atomic mass is 16.5. The van der Waals surface area contributed by atoms with E-state index < -0.39 is 0 Å². The summed E-state index contributed by atoms with van der Waals surface area (Å²) < 4.78 is 6.21. The van der Waals surface area contributed by atoms with Crippen molar-refractivity contribution in [2.45, 2.75) is 39.2 Å². The van der Waals surface area contributed by atoms with Crippen LogP contribution in [-0.2, 0) is 0 Å². The van der Waals surface area contributed by atoms with Crippen LogP contribution in [0.15, 0.2) is 18.2 Å². The minimum atomic E-state index is -0.0587. The standard InChI is InChI=1S/C14H22N2O/c1-4-14(5-2)10-16(6-3)13-11(15)8-7-9-12(13)17-14/h7-9H,4-6,10,15H2,1-3H3. The monoisotopic (exact) mass is 234 g/mol.